The molecule has 0 radical (unpaired) electrons. The van der Waals surface area contributed by atoms with Crippen LogP contribution in [0.1, 0.15) is 24.4 Å². The highest BCUT2D eigenvalue weighted by Crippen LogP contribution is 2.35. The van der Waals surface area contributed by atoms with Crippen molar-refractivity contribution in [3.05, 3.63) is 59.4 Å². The molecule has 1 fully saturated rings. The number of hydrogen-bond donors (Lipinski definition) is 1. The molecule has 118 valence electrons. The van der Waals surface area contributed by atoms with Crippen molar-refractivity contribution in [2.75, 3.05) is 11.9 Å². The van der Waals surface area contributed by atoms with Gasteiger partial charge < -0.3 is 10.2 Å². The molecule has 2 heterocycles. The summed E-state index contributed by atoms with van der Waals surface area (Å²) >= 11 is 6.24. The average Bonchev–Trinajstić information content (AvgIpc) is 3.04. The molecule has 3 rings (SSSR count). The van der Waals surface area contributed by atoms with Crippen LogP contribution in [0.15, 0.2) is 48.8 Å². The maximum Gasteiger partial charge on any atom is 0.313 e. The zero-order valence-corrected chi connectivity index (χ0v) is 13.2. The zero-order chi connectivity index (χ0) is 16.2. The van der Waals surface area contributed by atoms with E-state index in [9.17, 15) is 9.59 Å². The largest absolute Gasteiger partial charge is 0.327 e. The molecule has 1 aromatic carbocycles. The maximum absolute atomic E-state index is 12.5. The van der Waals surface area contributed by atoms with E-state index < -0.39 is 11.8 Å². The third kappa shape index (κ3) is 3.35. The summed E-state index contributed by atoms with van der Waals surface area (Å²) in [4.78, 5) is 30.2. The molecule has 1 atom stereocenters. The molecule has 2 amide bonds. The summed E-state index contributed by atoms with van der Waals surface area (Å²) in [5, 5.41) is 3.20. The van der Waals surface area contributed by atoms with Crippen LogP contribution in [0.3, 0.4) is 0 Å². The Morgan fingerprint density at radius 3 is 2.78 bits per heavy atom. The highest BCUT2D eigenvalue weighted by Gasteiger charge is 2.34. The molecule has 1 saturated heterocycles. The zero-order valence-electron chi connectivity index (χ0n) is 12.4. The molecule has 1 aromatic heterocycles. The normalized spacial score (nSPS) is 17.1. The van der Waals surface area contributed by atoms with Crippen molar-refractivity contribution in [3.63, 3.8) is 0 Å². The minimum absolute atomic E-state index is 0.157. The molecule has 1 aliphatic rings. The van der Waals surface area contributed by atoms with Crippen LogP contribution in [0.2, 0.25) is 5.02 Å². The molecule has 0 unspecified atom stereocenters. The van der Waals surface area contributed by atoms with Crippen LogP contribution in [0, 0.1) is 0 Å². The summed E-state index contributed by atoms with van der Waals surface area (Å²) < 4.78 is 0. The van der Waals surface area contributed by atoms with Crippen molar-refractivity contribution in [2.24, 2.45) is 0 Å². The summed E-state index contributed by atoms with van der Waals surface area (Å²) in [6.45, 7) is 0.551. The standard InChI is InChI=1S/C17H16ClN3O2/c18-14-7-2-1-6-13(14)15-8-4-10-21(15)17(23)16(22)20-12-5-3-9-19-11-12/h1-3,5-7,9,11,15H,4,8,10H2,(H,20,22)/t15-/m0/s1. The number of nitrogens with zero attached hydrogens (tertiary/aromatic N) is 2. The third-order valence-corrected chi connectivity index (χ3v) is 4.24. The summed E-state index contributed by atoms with van der Waals surface area (Å²) in [6, 6.07) is 10.7. The molecule has 0 bridgehead atoms. The molecule has 0 spiro atoms. The van der Waals surface area contributed by atoms with E-state index in [-0.39, 0.29) is 6.04 Å². The van der Waals surface area contributed by atoms with Crippen LogP contribution in [-0.2, 0) is 9.59 Å². The van der Waals surface area contributed by atoms with Gasteiger partial charge in [-0.05, 0) is 36.6 Å². The Bertz CT molecular complexity index is 721. The van der Waals surface area contributed by atoms with Crippen LogP contribution in [0.25, 0.3) is 0 Å². The van der Waals surface area contributed by atoms with Gasteiger partial charge in [-0.25, -0.2) is 0 Å². The second-order valence-electron chi connectivity index (χ2n) is 5.37. The lowest BCUT2D eigenvalue weighted by Gasteiger charge is -2.25. The number of carbonyl (C=O) groups is 2. The molecule has 1 N–H and O–H groups in total. The number of aromatic nitrogens is 1. The second kappa shape index (κ2) is 6.79. The lowest BCUT2D eigenvalue weighted by molar-refractivity contribution is -0.143. The SMILES string of the molecule is O=C(Nc1cccnc1)C(=O)N1CCC[C@H]1c1ccccc1Cl. The van der Waals surface area contributed by atoms with E-state index in [2.05, 4.69) is 10.3 Å². The van der Waals surface area contributed by atoms with Gasteiger partial charge in [0, 0.05) is 17.8 Å². The van der Waals surface area contributed by atoms with Crippen molar-refractivity contribution < 1.29 is 9.59 Å². The Balaban J connectivity index is 1.76. The summed E-state index contributed by atoms with van der Waals surface area (Å²) in [5.41, 5.74) is 1.38. The summed E-state index contributed by atoms with van der Waals surface area (Å²) in [7, 11) is 0. The number of amides is 2. The number of benzene rings is 1. The van der Waals surface area contributed by atoms with E-state index in [0.717, 1.165) is 18.4 Å². The molecular formula is C17H16ClN3O2. The monoisotopic (exact) mass is 329 g/mol. The minimum atomic E-state index is -0.656. The van der Waals surface area contributed by atoms with Gasteiger partial charge in [0.1, 0.15) is 0 Å². The van der Waals surface area contributed by atoms with Crippen molar-refractivity contribution in [3.8, 4) is 0 Å². The van der Waals surface area contributed by atoms with E-state index in [1.807, 2.05) is 18.2 Å². The molecule has 5 nitrogen and oxygen atoms in total. The first-order chi connectivity index (χ1) is 11.2. The number of carbonyl (C=O) groups excluding carboxylic acids is 2. The Hall–Kier alpha value is -2.40. The van der Waals surface area contributed by atoms with Gasteiger partial charge in [-0.1, -0.05) is 29.8 Å². The number of halogens is 1. The van der Waals surface area contributed by atoms with Crippen molar-refractivity contribution in [1.82, 2.24) is 9.88 Å². The molecule has 6 heteroatoms. The fraction of sp³-hybridized carbons (Fsp3) is 0.235. The first-order valence-electron chi connectivity index (χ1n) is 7.43. The van der Waals surface area contributed by atoms with E-state index in [0.29, 0.717) is 17.3 Å². The van der Waals surface area contributed by atoms with Gasteiger partial charge in [-0.15, -0.1) is 0 Å². The summed E-state index contributed by atoms with van der Waals surface area (Å²) in [5.74, 6) is -1.20. The van der Waals surface area contributed by atoms with Gasteiger partial charge in [0.25, 0.3) is 0 Å². The Kier molecular flexibility index (Phi) is 4.57. The Labute approximate surface area is 139 Å². The highest BCUT2D eigenvalue weighted by molar-refractivity contribution is 6.39. The average molecular weight is 330 g/mol. The van der Waals surface area contributed by atoms with Crippen LogP contribution < -0.4 is 5.32 Å². The third-order valence-electron chi connectivity index (χ3n) is 3.89. The lowest BCUT2D eigenvalue weighted by Crippen LogP contribution is -2.39. The number of likely N-dealkylation sites (tertiary alicyclic amines) is 1. The molecule has 2 aromatic rings. The number of rotatable bonds is 2. The first kappa shape index (κ1) is 15.5. The lowest BCUT2D eigenvalue weighted by atomic mass is 10.0. The van der Waals surface area contributed by atoms with Gasteiger partial charge in [0.15, 0.2) is 0 Å². The fourth-order valence-electron chi connectivity index (χ4n) is 2.83. The number of hydrogen-bond acceptors (Lipinski definition) is 3. The first-order valence-corrected chi connectivity index (χ1v) is 7.81. The molecule has 1 aliphatic heterocycles. The smallest absolute Gasteiger partial charge is 0.313 e. The molecule has 0 saturated carbocycles. The van der Waals surface area contributed by atoms with E-state index in [4.69, 9.17) is 11.6 Å². The van der Waals surface area contributed by atoms with Gasteiger partial charge in [-0.3, -0.25) is 14.6 Å². The van der Waals surface area contributed by atoms with Crippen LogP contribution >= 0.6 is 11.6 Å². The molecular weight excluding hydrogens is 314 g/mol. The van der Waals surface area contributed by atoms with Gasteiger partial charge >= 0.3 is 11.8 Å². The van der Waals surface area contributed by atoms with Crippen LogP contribution in [0.5, 0.6) is 0 Å². The molecule has 23 heavy (non-hydrogen) atoms. The van der Waals surface area contributed by atoms with Crippen LogP contribution in [-0.4, -0.2) is 28.2 Å². The summed E-state index contributed by atoms with van der Waals surface area (Å²) in [6.07, 6.45) is 4.75. The van der Waals surface area contributed by atoms with Crippen LogP contribution in [0.4, 0.5) is 5.69 Å². The number of nitrogens with one attached hydrogen (secondary N) is 1. The predicted octanol–water partition coefficient (Wildman–Crippen LogP) is 3.04. The van der Waals surface area contributed by atoms with Gasteiger partial charge in [0.2, 0.25) is 0 Å². The minimum Gasteiger partial charge on any atom is -0.327 e. The van der Waals surface area contributed by atoms with Gasteiger partial charge in [0.05, 0.1) is 17.9 Å². The highest BCUT2D eigenvalue weighted by atomic mass is 35.5. The van der Waals surface area contributed by atoms with Gasteiger partial charge in [-0.2, -0.15) is 0 Å². The van der Waals surface area contributed by atoms with E-state index in [1.165, 1.54) is 6.20 Å². The van der Waals surface area contributed by atoms with Crippen molar-refractivity contribution in [2.45, 2.75) is 18.9 Å². The second-order valence-corrected chi connectivity index (χ2v) is 5.78. The van der Waals surface area contributed by atoms with Crippen molar-refractivity contribution in [1.29, 1.82) is 0 Å². The predicted molar refractivity (Wildman–Crippen MR) is 88.0 cm³/mol. The molecule has 0 aliphatic carbocycles. The quantitative estimate of drug-likeness (QED) is 0.861. The Morgan fingerprint density at radius 1 is 1.22 bits per heavy atom. The van der Waals surface area contributed by atoms with Crippen molar-refractivity contribution >= 4 is 29.1 Å². The topological polar surface area (TPSA) is 62.3 Å². The van der Waals surface area contributed by atoms with E-state index in [1.54, 1.807) is 29.3 Å². The number of pyridine rings is 1. The number of anilines is 1. The van der Waals surface area contributed by atoms with E-state index >= 15 is 0 Å². The fourth-order valence-corrected chi connectivity index (χ4v) is 3.09. The maximum atomic E-state index is 12.5. The Morgan fingerprint density at radius 2 is 2.04 bits per heavy atom.